The summed E-state index contributed by atoms with van der Waals surface area (Å²) in [5.41, 5.74) is 0. The molecule has 0 fully saturated rings. The van der Waals surface area contributed by atoms with Gasteiger partial charge in [0.1, 0.15) is 12.7 Å². The number of carbonyl (C=O) groups is 2. The fourth-order valence-corrected chi connectivity index (χ4v) is 1.54. The maximum atomic E-state index is 11.2. The van der Waals surface area contributed by atoms with Crippen LogP contribution in [0.5, 0.6) is 11.5 Å². The van der Waals surface area contributed by atoms with Gasteiger partial charge >= 0.3 is 11.9 Å². The van der Waals surface area contributed by atoms with E-state index in [4.69, 9.17) is 9.47 Å². The van der Waals surface area contributed by atoms with Gasteiger partial charge in [-0.05, 0) is 12.1 Å². The number of hydrogen-bond donors (Lipinski definition) is 1. The minimum absolute atomic E-state index is 0.183. The summed E-state index contributed by atoms with van der Waals surface area (Å²) in [5.74, 6) is -0.416. The second kappa shape index (κ2) is 5.39. The summed E-state index contributed by atoms with van der Waals surface area (Å²) in [5, 5.41) is 2.42. The zero-order valence-corrected chi connectivity index (χ0v) is 9.84. The largest absolute Gasteiger partial charge is 0.486 e. The number of rotatable bonds is 2. The molecule has 1 heterocycles. The van der Waals surface area contributed by atoms with Crippen molar-refractivity contribution in [2.45, 2.75) is 6.10 Å². The minimum Gasteiger partial charge on any atom is -0.486 e. The first-order chi connectivity index (χ1) is 8.70. The van der Waals surface area contributed by atoms with Crippen LogP contribution in [-0.4, -0.2) is 38.2 Å². The summed E-state index contributed by atoms with van der Waals surface area (Å²) >= 11 is 0. The third kappa shape index (κ3) is 2.71. The highest BCUT2D eigenvalue weighted by Gasteiger charge is 2.22. The van der Waals surface area contributed by atoms with E-state index in [1.54, 1.807) is 12.1 Å². The number of ether oxygens (including phenoxy) is 3. The Kier molecular flexibility index (Phi) is 3.66. The average Bonchev–Trinajstić information content (AvgIpc) is 2.43. The number of methoxy groups -OCH3 is 1. The topological polar surface area (TPSA) is 73.9 Å². The van der Waals surface area contributed by atoms with Crippen LogP contribution in [0.3, 0.4) is 0 Å². The fraction of sp³-hybridized carbons (Fsp3) is 0.333. The average molecular weight is 251 g/mol. The molecule has 0 unspecified atom stereocenters. The van der Waals surface area contributed by atoms with Crippen molar-refractivity contribution in [2.24, 2.45) is 0 Å². The van der Waals surface area contributed by atoms with Crippen LogP contribution in [0.2, 0.25) is 0 Å². The Labute approximate surface area is 104 Å². The molecule has 1 aromatic rings. The van der Waals surface area contributed by atoms with Gasteiger partial charge < -0.3 is 19.5 Å². The van der Waals surface area contributed by atoms with Gasteiger partial charge in [0.15, 0.2) is 11.5 Å². The molecule has 1 amide bonds. The van der Waals surface area contributed by atoms with Crippen LogP contribution in [0.4, 0.5) is 0 Å². The van der Waals surface area contributed by atoms with Crippen molar-refractivity contribution in [3.63, 3.8) is 0 Å². The monoisotopic (exact) mass is 251 g/mol. The first kappa shape index (κ1) is 12.2. The summed E-state index contributed by atoms with van der Waals surface area (Å²) in [4.78, 5) is 22.1. The van der Waals surface area contributed by atoms with Crippen LogP contribution >= 0.6 is 0 Å². The Bertz CT molecular complexity index is 460. The number of benzene rings is 1. The highest BCUT2D eigenvalue weighted by Crippen LogP contribution is 2.30. The molecule has 0 spiro atoms. The molecule has 18 heavy (non-hydrogen) atoms. The van der Waals surface area contributed by atoms with Gasteiger partial charge in [-0.25, -0.2) is 4.79 Å². The second-order valence-electron chi connectivity index (χ2n) is 3.70. The standard InChI is InChI=1S/C12H13NO5/c1-16-12(15)11(14)13-6-8-7-17-9-4-2-3-5-10(9)18-8/h2-5,8H,6-7H2,1H3,(H,13,14)/t8-/m1/s1. The van der Waals surface area contributed by atoms with Gasteiger partial charge in [-0.3, -0.25) is 4.79 Å². The molecule has 96 valence electrons. The number of esters is 1. The van der Waals surface area contributed by atoms with Crippen LogP contribution in [0.15, 0.2) is 24.3 Å². The first-order valence-corrected chi connectivity index (χ1v) is 5.45. The normalized spacial score (nSPS) is 16.8. The zero-order chi connectivity index (χ0) is 13.0. The number of nitrogens with one attached hydrogen (secondary N) is 1. The molecule has 0 saturated carbocycles. The molecule has 0 saturated heterocycles. The molecule has 1 N–H and O–H groups in total. The van der Waals surface area contributed by atoms with E-state index in [0.29, 0.717) is 18.1 Å². The fourth-order valence-electron chi connectivity index (χ4n) is 1.54. The predicted octanol–water partition coefficient (Wildman–Crippen LogP) is 0.116. The van der Waals surface area contributed by atoms with E-state index in [-0.39, 0.29) is 12.6 Å². The summed E-state index contributed by atoms with van der Waals surface area (Å²) in [7, 11) is 1.15. The van der Waals surface area contributed by atoms with E-state index in [2.05, 4.69) is 10.1 Å². The van der Waals surface area contributed by atoms with Crippen molar-refractivity contribution in [3.05, 3.63) is 24.3 Å². The van der Waals surface area contributed by atoms with E-state index >= 15 is 0 Å². The lowest BCUT2D eigenvalue weighted by Gasteiger charge is -2.26. The van der Waals surface area contributed by atoms with Crippen LogP contribution in [0.25, 0.3) is 0 Å². The molecule has 1 atom stereocenters. The van der Waals surface area contributed by atoms with E-state index in [1.807, 2.05) is 12.1 Å². The maximum absolute atomic E-state index is 11.2. The summed E-state index contributed by atoms with van der Waals surface area (Å²) in [6, 6.07) is 7.27. The van der Waals surface area contributed by atoms with Gasteiger partial charge in [-0.2, -0.15) is 0 Å². The highest BCUT2D eigenvalue weighted by atomic mass is 16.6. The van der Waals surface area contributed by atoms with Gasteiger partial charge in [0.2, 0.25) is 0 Å². The van der Waals surface area contributed by atoms with Gasteiger partial charge in [0.25, 0.3) is 0 Å². The van der Waals surface area contributed by atoms with Crippen molar-refractivity contribution >= 4 is 11.9 Å². The molecule has 2 rings (SSSR count). The molecule has 0 aromatic heterocycles. The second-order valence-corrected chi connectivity index (χ2v) is 3.70. The van der Waals surface area contributed by atoms with Crippen LogP contribution in [0.1, 0.15) is 0 Å². The summed E-state index contributed by atoms with van der Waals surface area (Å²) < 4.78 is 15.4. The Morgan fingerprint density at radius 2 is 2.11 bits per heavy atom. The third-order valence-electron chi connectivity index (χ3n) is 2.43. The molecule has 1 aliphatic heterocycles. The molecule has 0 radical (unpaired) electrons. The van der Waals surface area contributed by atoms with Crippen LogP contribution < -0.4 is 14.8 Å². The summed E-state index contributed by atoms with van der Waals surface area (Å²) in [6.07, 6.45) is -0.325. The van der Waals surface area contributed by atoms with Gasteiger partial charge in [0.05, 0.1) is 13.7 Å². The Hall–Kier alpha value is -2.24. The SMILES string of the molecule is COC(=O)C(=O)NC[C@@H]1COc2ccccc2O1. The molecule has 6 nitrogen and oxygen atoms in total. The van der Waals surface area contributed by atoms with E-state index in [0.717, 1.165) is 7.11 Å². The molecule has 1 aliphatic rings. The number of para-hydroxylation sites is 2. The lowest BCUT2D eigenvalue weighted by molar-refractivity contribution is -0.152. The number of carbonyl (C=O) groups excluding carboxylic acids is 2. The van der Waals surface area contributed by atoms with E-state index in [9.17, 15) is 9.59 Å². The van der Waals surface area contributed by atoms with Crippen molar-refractivity contribution in [1.29, 1.82) is 0 Å². The smallest absolute Gasteiger partial charge is 0.396 e. The highest BCUT2D eigenvalue weighted by molar-refractivity contribution is 6.32. The van der Waals surface area contributed by atoms with Gasteiger partial charge in [-0.1, -0.05) is 12.1 Å². The van der Waals surface area contributed by atoms with Crippen LogP contribution in [0, 0.1) is 0 Å². The Balaban J connectivity index is 1.87. The molecule has 0 aliphatic carbocycles. The lowest BCUT2D eigenvalue weighted by atomic mass is 10.2. The van der Waals surface area contributed by atoms with Gasteiger partial charge in [0, 0.05) is 0 Å². The third-order valence-corrected chi connectivity index (χ3v) is 2.43. The predicted molar refractivity (Wildman–Crippen MR) is 61.4 cm³/mol. The van der Waals surface area contributed by atoms with Crippen molar-refractivity contribution in [2.75, 3.05) is 20.3 Å². The molecular formula is C12H13NO5. The zero-order valence-electron chi connectivity index (χ0n) is 9.84. The van der Waals surface area contributed by atoms with Crippen molar-refractivity contribution in [3.8, 4) is 11.5 Å². The molecule has 6 heteroatoms. The molecular weight excluding hydrogens is 238 g/mol. The van der Waals surface area contributed by atoms with E-state index in [1.165, 1.54) is 0 Å². The number of fused-ring (bicyclic) bond motifs is 1. The van der Waals surface area contributed by atoms with E-state index < -0.39 is 11.9 Å². The van der Waals surface area contributed by atoms with Crippen molar-refractivity contribution in [1.82, 2.24) is 5.32 Å². The quantitative estimate of drug-likeness (QED) is 0.596. The van der Waals surface area contributed by atoms with Gasteiger partial charge in [-0.15, -0.1) is 0 Å². The lowest BCUT2D eigenvalue weighted by Crippen LogP contribution is -2.43. The molecule has 1 aromatic carbocycles. The maximum Gasteiger partial charge on any atom is 0.396 e. The molecule has 0 bridgehead atoms. The summed E-state index contributed by atoms with van der Waals surface area (Å²) in [6.45, 7) is 0.501. The van der Waals surface area contributed by atoms with Crippen molar-refractivity contribution < 1.29 is 23.8 Å². The minimum atomic E-state index is -0.924. The Morgan fingerprint density at radius 3 is 2.83 bits per heavy atom. The number of amides is 1. The Morgan fingerprint density at radius 1 is 1.39 bits per heavy atom. The first-order valence-electron chi connectivity index (χ1n) is 5.45. The van der Waals surface area contributed by atoms with Crippen LogP contribution in [-0.2, 0) is 14.3 Å². The number of hydrogen-bond acceptors (Lipinski definition) is 5.